The first-order valence-corrected chi connectivity index (χ1v) is 9.96. The Bertz CT molecular complexity index is 1010. The number of anilines is 1. The number of imide groups is 1. The third-order valence-electron chi connectivity index (χ3n) is 5.94. The van der Waals surface area contributed by atoms with Crippen molar-refractivity contribution < 1.29 is 14.3 Å². The number of fused-ring (bicyclic) bond motifs is 3. The molecule has 8 nitrogen and oxygen atoms in total. The van der Waals surface area contributed by atoms with Crippen LogP contribution in [0.2, 0.25) is 0 Å². The van der Waals surface area contributed by atoms with Gasteiger partial charge in [0.2, 0.25) is 5.96 Å². The molecule has 8 heteroatoms. The van der Waals surface area contributed by atoms with Gasteiger partial charge in [-0.25, -0.2) is 9.79 Å². The van der Waals surface area contributed by atoms with E-state index in [0.717, 1.165) is 29.5 Å². The van der Waals surface area contributed by atoms with Crippen LogP contribution < -0.4 is 9.64 Å². The number of carbonyl (C=O) groups is 2. The lowest BCUT2D eigenvalue weighted by molar-refractivity contribution is -0.137. The van der Waals surface area contributed by atoms with Crippen molar-refractivity contribution in [2.24, 2.45) is 4.99 Å². The van der Waals surface area contributed by atoms with E-state index in [1.165, 1.54) is 4.90 Å². The van der Waals surface area contributed by atoms with Gasteiger partial charge in [-0.2, -0.15) is 0 Å². The minimum absolute atomic E-state index is 0.192. The molecule has 2 saturated heterocycles. The Balaban J connectivity index is 1.42. The molecule has 0 N–H and O–H groups in total. The van der Waals surface area contributed by atoms with E-state index in [2.05, 4.69) is 4.90 Å². The summed E-state index contributed by atoms with van der Waals surface area (Å²) < 4.78 is 5.24. The maximum absolute atomic E-state index is 13.4. The van der Waals surface area contributed by atoms with Gasteiger partial charge in [0.05, 0.1) is 13.7 Å². The fourth-order valence-corrected chi connectivity index (χ4v) is 4.35. The number of aliphatic imine (C=N–C) groups is 1. The average molecular weight is 405 g/mol. The number of ether oxygens (including phenoxy) is 1. The molecular formula is C22H23N5O3. The minimum Gasteiger partial charge on any atom is -0.497 e. The number of amides is 3. The number of likely N-dealkylation sites (N-methyl/N-ethyl adjacent to an activating group) is 1. The quantitative estimate of drug-likeness (QED) is 0.778. The van der Waals surface area contributed by atoms with E-state index in [0.29, 0.717) is 6.54 Å². The van der Waals surface area contributed by atoms with Gasteiger partial charge in [-0.1, -0.05) is 30.3 Å². The van der Waals surface area contributed by atoms with Crippen LogP contribution in [0.25, 0.3) is 0 Å². The molecule has 2 fully saturated rings. The maximum atomic E-state index is 13.4. The van der Waals surface area contributed by atoms with Gasteiger partial charge in [0.25, 0.3) is 5.91 Å². The van der Waals surface area contributed by atoms with Crippen LogP contribution in [0.4, 0.5) is 10.5 Å². The highest BCUT2D eigenvalue weighted by molar-refractivity contribution is 6.07. The number of nitrogens with zero attached hydrogens (tertiary/aromatic N) is 5. The van der Waals surface area contributed by atoms with E-state index >= 15 is 0 Å². The summed E-state index contributed by atoms with van der Waals surface area (Å²) in [7, 11) is 3.35. The van der Waals surface area contributed by atoms with Crippen molar-refractivity contribution in [3.8, 4) is 5.75 Å². The van der Waals surface area contributed by atoms with E-state index in [-0.39, 0.29) is 18.5 Å². The first-order valence-electron chi connectivity index (χ1n) is 9.96. The van der Waals surface area contributed by atoms with Crippen LogP contribution in [0.15, 0.2) is 59.6 Å². The Morgan fingerprint density at radius 1 is 1.03 bits per heavy atom. The molecule has 2 aromatic rings. The van der Waals surface area contributed by atoms with Crippen molar-refractivity contribution in [3.63, 3.8) is 0 Å². The third-order valence-corrected chi connectivity index (χ3v) is 5.94. The zero-order valence-corrected chi connectivity index (χ0v) is 16.9. The van der Waals surface area contributed by atoms with Gasteiger partial charge >= 0.3 is 6.03 Å². The molecular weight excluding hydrogens is 382 g/mol. The number of rotatable bonds is 4. The summed E-state index contributed by atoms with van der Waals surface area (Å²) in [4.78, 5) is 38.1. The van der Waals surface area contributed by atoms with Crippen molar-refractivity contribution in [1.29, 1.82) is 0 Å². The molecule has 0 saturated carbocycles. The number of benzene rings is 2. The van der Waals surface area contributed by atoms with Crippen molar-refractivity contribution in [1.82, 2.24) is 14.7 Å². The van der Waals surface area contributed by atoms with Crippen molar-refractivity contribution in [2.75, 3.05) is 32.1 Å². The number of hydrogen-bond donors (Lipinski definition) is 0. The Morgan fingerprint density at radius 3 is 2.47 bits per heavy atom. The molecule has 0 aromatic heterocycles. The number of carbonyl (C=O) groups excluding carboxylic acids is 2. The Labute approximate surface area is 174 Å². The minimum atomic E-state index is -0.506. The third kappa shape index (κ3) is 2.79. The summed E-state index contributed by atoms with van der Waals surface area (Å²) in [6.45, 7) is 1.68. The largest absolute Gasteiger partial charge is 0.497 e. The second-order valence-corrected chi connectivity index (χ2v) is 7.63. The lowest BCUT2D eigenvalue weighted by Crippen LogP contribution is -2.64. The standard InChI is InChI=1S/C22H23N5O3/c1-24-19-18(20(28)27(22(24)29)14-15-6-4-3-5-7-15)26-13-12-25(21(26)23-19)16-8-10-17(30-2)11-9-16/h3-11,18-19H,12-14H2,1-2H3. The molecule has 3 aliphatic rings. The van der Waals surface area contributed by atoms with Crippen molar-refractivity contribution in [3.05, 3.63) is 60.2 Å². The summed E-state index contributed by atoms with van der Waals surface area (Å²) in [6.07, 6.45) is -0.506. The van der Waals surface area contributed by atoms with Crippen LogP contribution >= 0.6 is 0 Å². The van der Waals surface area contributed by atoms with E-state index in [9.17, 15) is 9.59 Å². The van der Waals surface area contributed by atoms with Gasteiger partial charge in [0.15, 0.2) is 12.2 Å². The van der Waals surface area contributed by atoms with Gasteiger partial charge in [-0.05, 0) is 29.8 Å². The number of urea groups is 1. The van der Waals surface area contributed by atoms with Crippen LogP contribution in [-0.2, 0) is 11.3 Å². The molecule has 30 heavy (non-hydrogen) atoms. The molecule has 154 valence electrons. The molecule has 3 aliphatic heterocycles. The maximum Gasteiger partial charge on any atom is 0.328 e. The topological polar surface area (TPSA) is 68.7 Å². The lowest BCUT2D eigenvalue weighted by Gasteiger charge is -2.40. The van der Waals surface area contributed by atoms with E-state index in [1.807, 2.05) is 59.5 Å². The molecule has 3 amide bonds. The molecule has 2 unspecified atom stereocenters. The summed E-state index contributed by atoms with van der Waals surface area (Å²) in [5, 5.41) is 0. The van der Waals surface area contributed by atoms with Crippen molar-refractivity contribution >= 4 is 23.6 Å². The van der Waals surface area contributed by atoms with Gasteiger partial charge in [0.1, 0.15) is 5.75 Å². The normalized spacial score (nSPS) is 22.9. The van der Waals surface area contributed by atoms with E-state index < -0.39 is 12.2 Å². The second kappa shape index (κ2) is 7.05. The predicted octanol–water partition coefficient (Wildman–Crippen LogP) is 1.98. The summed E-state index contributed by atoms with van der Waals surface area (Å²) in [5.41, 5.74) is 1.91. The van der Waals surface area contributed by atoms with Gasteiger partial charge in [0, 0.05) is 25.8 Å². The van der Waals surface area contributed by atoms with Gasteiger partial charge in [-0.3, -0.25) is 9.69 Å². The van der Waals surface area contributed by atoms with E-state index in [1.54, 1.807) is 19.1 Å². The Hall–Kier alpha value is -3.55. The first kappa shape index (κ1) is 18.5. The zero-order chi connectivity index (χ0) is 20.8. The number of guanidine groups is 1. The van der Waals surface area contributed by atoms with E-state index in [4.69, 9.17) is 9.73 Å². The average Bonchev–Trinajstić information content (AvgIpc) is 3.35. The molecule has 2 atom stereocenters. The highest BCUT2D eigenvalue weighted by Gasteiger charge is 2.54. The van der Waals surface area contributed by atoms with Gasteiger partial charge in [-0.15, -0.1) is 0 Å². The fourth-order valence-electron chi connectivity index (χ4n) is 4.35. The molecule has 0 bridgehead atoms. The Kier molecular flexibility index (Phi) is 4.34. The predicted molar refractivity (Wildman–Crippen MR) is 112 cm³/mol. The van der Waals surface area contributed by atoms with Crippen molar-refractivity contribution in [2.45, 2.75) is 18.8 Å². The molecule has 0 radical (unpaired) electrons. The SMILES string of the molecule is COc1ccc(N2CCN3C2=NC2C3C(=O)N(Cc3ccccc3)C(=O)N2C)cc1. The molecule has 5 rings (SSSR count). The van der Waals surface area contributed by atoms with Crippen LogP contribution in [0.3, 0.4) is 0 Å². The first-order chi connectivity index (χ1) is 14.6. The molecule has 0 aliphatic carbocycles. The van der Waals surface area contributed by atoms with Crippen LogP contribution in [0.1, 0.15) is 5.56 Å². The number of hydrogen-bond acceptors (Lipinski definition) is 6. The van der Waals surface area contributed by atoms with Gasteiger partial charge < -0.3 is 19.4 Å². The Morgan fingerprint density at radius 2 is 1.77 bits per heavy atom. The monoisotopic (exact) mass is 405 g/mol. The summed E-state index contributed by atoms with van der Waals surface area (Å²) in [6, 6.07) is 16.5. The highest BCUT2D eigenvalue weighted by atomic mass is 16.5. The molecule has 2 aromatic carbocycles. The smallest absolute Gasteiger partial charge is 0.328 e. The second-order valence-electron chi connectivity index (χ2n) is 7.63. The fraction of sp³-hybridized carbons (Fsp3) is 0.318. The molecule has 3 heterocycles. The summed E-state index contributed by atoms with van der Waals surface area (Å²) >= 11 is 0. The molecule has 0 spiro atoms. The van der Waals surface area contributed by atoms with Crippen LogP contribution in [0, 0.1) is 0 Å². The highest BCUT2D eigenvalue weighted by Crippen LogP contribution is 2.34. The zero-order valence-electron chi connectivity index (χ0n) is 16.9. The van der Waals surface area contributed by atoms with Crippen LogP contribution in [0.5, 0.6) is 5.75 Å². The summed E-state index contributed by atoms with van der Waals surface area (Å²) in [5.74, 6) is 1.33. The lowest BCUT2D eigenvalue weighted by atomic mass is 10.1. The van der Waals surface area contributed by atoms with Crippen LogP contribution in [-0.4, -0.2) is 72.1 Å². The number of methoxy groups -OCH3 is 1.